The first kappa shape index (κ1) is 19.4. The zero-order valence-electron chi connectivity index (χ0n) is 16.6. The van der Waals surface area contributed by atoms with Gasteiger partial charge in [0.1, 0.15) is 11.8 Å². The van der Waals surface area contributed by atoms with Crippen LogP contribution in [0.2, 0.25) is 0 Å². The zero-order valence-corrected chi connectivity index (χ0v) is 16.6. The Kier molecular flexibility index (Phi) is 6.51. The van der Waals surface area contributed by atoms with Crippen LogP contribution < -0.4 is 4.74 Å². The van der Waals surface area contributed by atoms with Crippen molar-refractivity contribution in [3.8, 4) is 5.75 Å². The molecule has 0 aromatic heterocycles. The molecule has 4 heteroatoms. The number of hydrogen-bond acceptors (Lipinski definition) is 3. The normalized spacial score (nSPS) is 19.1. The van der Waals surface area contributed by atoms with E-state index in [1.807, 2.05) is 44.4 Å². The molecule has 0 unspecified atom stereocenters. The number of carbonyl (C=O) groups is 1. The SMILES string of the molecule is COc1ccc([C@H]2CCCCCN2[C@H](C(=O)N(C)C)c2ccccc2)cc1. The smallest absolute Gasteiger partial charge is 0.244 e. The van der Waals surface area contributed by atoms with Crippen LogP contribution in [0.15, 0.2) is 54.6 Å². The Morgan fingerprint density at radius 1 is 1.04 bits per heavy atom. The molecule has 2 aromatic carbocycles. The number of likely N-dealkylation sites (tertiary alicyclic amines) is 1. The number of likely N-dealkylation sites (N-methyl/N-ethyl adjacent to an activating group) is 1. The van der Waals surface area contributed by atoms with Gasteiger partial charge in [-0.15, -0.1) is 0 Å². The largest absolute Gasteiger partial charge is 0.497 e. The highest BCUT2D eigenvalue weighted by Gasteiger charge is 2.35. The molecular formula is C23H30N2O2. The van der Waals surface area contributed by atoms with Crippen LogP contribution in [-0.4, -0.2) is 43.5 Å². The second-order valence-electron chi connectivity index (χ2n) is 7.42. The topological polar surface area (TPSA) is 32.8 Å². The van der Waals surface area contributed by atoms with Gasteiger partial charge in [-0.25, -0.2) is 0 Å². The molecule has 1 aliphatic heterocycles. The number of ether oxygens (including phenoxy) is 1. The highest BCUT2D eigenvalue weighted by atomic mass is 16.5. The fourth-order valence-corrected chi connectivity index (χ4v) is 3.98. The van der Waals surface area contributed by atoms with Crippen molar-refractivity contribution in [1.82, 2.24) is 9.80 Å². The van der Waals surface area contributed by atoms with E-state index in [9.17, 15) is 4.79 Å². The van der Waals surface area contributed by atoms with Gasteiger partial charge in [-0.05, 0) is 42.6 Å². The van der Waals surface area contributed by atoms with E-state index in [0.717, 1.165) is 30.7 Å². The molecule has 0 spiro atoms. The second-order valence-corrected chi connectivity index (χ2v) is 7.42. The fourth-order valence-electron chi connectivity index (χ4n) is 3.98. The summed E-state index contributed by atoms with van der Waals surface area (Å²) in [5, 5.41) is 0. The van der Waals surface area contributed by atoms with Crippen LogP contribution in [0, 0.1) is 0 Å². The number of methoxy groups -OCH3 is 1. The third-order valence-electron chi connectivity index (χ3n) is 5.42. The Hall–Kier alpha value is -2.33. The van der Waals surface area contributed by atoms with Crippen LogP contribution in [-0.2, 0) is 4.79 Å². The number of rotatable bonds is 5. The molecule has 27 heavy (non-hydrogen) atoms. The Morgan fingerprint density at radius 3 is 2.37 bits per heavy atom. The quantitative estimate of drug-likeness (QED) is 0.784. The maximum Gasteiger partial charge on any atom is 0.244 e. The summed E-state index contributed by atoms with van der Waals surface area (Å²) in [5.41, 5.74) is 2.32. The Morgan fingerprint density at radius 2 is 1.74 bits per heavy atom. The molecule has 2 atom stereocenters. The number of nitrogens with zero attached hydrogens (tertiary/aromatic N) is 2. The number of carbonyl (C=O) groups excluding carboxylic acids is 1. The van der Waals surface area contributed by atoms with Gasteiger partial charge in [-0.3, -0.25) is 9.69 Å². The monoisotopic (exact) mass is 366 g/mol. The van der Waals surface area contributed by atoms with Gasteiger partial charge < -0.3 is 9.64 Å². The van der Waals surface area contributed by atoms with Crippen molar-refractivity contribution in [2.75, 3.05) is 27.7 Å². The van der Waals surface area contributed by atoms with Crippen molar-refractivity contribution in [3.63, 3.8) is 0 Å². The molecule has 1 saturated heterocycles. The third kappa shape index (κ3) is 4.51. The minimum absolute atomic E-state index is 0.140. The van der Waals surface area contributed by atoms with Crippen LogP contribution in [0.1, 0.15) is 48.9 Å². The van der Waals surface area contributed by atoms with Crippen molar-refractivity contribution in [3.05, 3.63) is 65.7 Å². The average Bonchev–Trinajstić information content (AvgIpc) is 2.95. The molecule has 3 rings (SSSR count). The molecule has 0 saturated carbocycles. The van der Waals surface area contributed by atoms with E-state index < -0.39 is 0 Å². The van der Waals surface area contributed by atoms with Crippen LogP contribution in [0.5, 0.6) is 5.75 Å². The van der Waals surface area contributed by atoms with Crippen LogP contribution in [0.4, 0.5) is 0 Å². The van der Waals surface area contributed by atoms with Crippen LogP contribution in [0.3, 0.4) is 0 Å². The summed E-state index contributed by atoms with van der Waals surface area (Å²) in [6.45, 7) is 0.926. The molecule has 2 aromatic rings. The van der Waals surface area contributed by atoms with Gasteiger partial charge in [-0.1, -0.05) is 55.3 Å². The van der Waals surface area contributed by atoms with Crippen LogP contribution >= 0.6 is 0 Å². The lowest BCUT2D eigenvalue weighted by atomic mass is 9.96. The van der Waals surface area contributed by atoms with Gasteiger partial charge in [-0.2, -0.15) is 0 Å². The standard InChI is InChI=1S/C23H30N2O2/c1-24(2)23(26)22(19-10-6-4-7-11-19)25-17-9-5-8-12-21(25)18-13-15-20(27-3)16-14-18/h4,6-7,10-11,13-16,21-22H,5,8-9,12,17H2,1-3H3/t21-,22+/m1/s1. The van der Waals surface area contributed by atoms with Crippen molar-refractivity contribution < 1.29 is 9.53 Å². The molecular weight excluding hydrogens is 336 g/mol. The van der Waals surface area contributed by atoms with E-state index >= 15 is 0 Å². The van der Waals surface area contributed by atoms with Gasteiger partial charge >= 0.3 is 0 Å². The number of amides is 1. The van der Waals surface area contributed by atoms with E-state index in [2.05, 4.69) is 29.2 Å². The van der Waals surface area contributed by atoms with Crippen LogP contribution in [0.25, 0.3) is 0 Å². The predicted octanol–water partition coefficient (Wildman–Crippen LogP) is 4.44. The van der Waals surface area contributed by atoms with Gasteiger partial charge in [0.15, 0.2) is 0 Å². The highest BCUT2D eigenvalue weighted by molar-refractivity contribution is 5.83. The van der Waals surface area contributed by atoms with Gasteiger partial charge in [0.2, 0.25) is 5.91 Å². The first-order valence-electron chi connectivity index (χ1n) is 9.77. The molecule has 1 heterocycles. The van der Waals surface area contributed by atoms with E-state index in [-0.39, 0.29) is 18.0 Å². The molecule has 1 aliphatic rings. The average molecular weight is 367 g/mol. The summed E-state index contributed by atoms with van der Waals surface area (Å²) in [6, 6.07) is 18.5. The van der Waals surface area contributed by atoms with Crippen molar-refractivity contribution in [1.29, 1.82) is 0 Å². The number of hydrogen-bond donors (Lipinski definition) is 0. The zero-order chi connectivity index (χ0) is 19.2. The third-order valence-corrected chi connectivity index (χ3v) is 5.42. The predicted molar refractivity (Wildman–Crippen MR) is 109 cm³/mol. The molecule has 0 N–H and O–H groups in total. The summed E-state index contributed by atoms with van der Waals surface area (Å²) < 4.78 is 5.32. The summed E-state index contributed by atoms with van der Waals surface area (Å²) in [7, 11) is 5.38. The Labute approximate surface area is 162 Å². The van der Waals surface area contributed by atoms with E-state index in [1.54, 1.807) is 12.0 Å². The minimum atomic E-state index is -0.258. The van der Waals surface area contributed by atoms with Crippen molar-refractivity contribution in [2.24, 2.45) is 0 Å². The Bertz CT molecular complexity index is 728. The molecule has 4 nitrogen and oxygen atoms in total. The molecule has 144 valence electrons. The lowest BCUT2D eigenvalue weighted by Gasteiger charge is -2.38. The van der Waals surface area contributed by atoms with E-state index in [4.69, 9.17) is 4.74 Å². The van der Waals surface area contributed by atoms with Crippen molar-refractivity contribution >= 4 is 5.91 Å². The molecule has 0 bridgehead atoms. The summed E-state index contributed by atoms with van der Waals surface area (Å²) in [6.07, 6.45) is 4.58. The summed E-state index contributed by atoms with van der Waals surface area (Å²) in [4.78, 5) is 17.3. The van der Waals surface area contributed by atoms with Gasteiger partial charge in [0, 0.05) is 20.1 Å². The summed E-state index contributed by atoms with van der Waals surface area (Å²) >= 11 is 0. The highest BCUT2D eigenvalue weighted by Crippen LogP contribution is 2.38. The van der Waals surface area contributed by atoms with E-state index in [1.165, 1.54) is 18.4 Å². The maximum atomic E-state index is 13.2. The first-order chi connectivity index (χ1) is 13.1. The van der Waals surface area contributed by atoms with Gasteiger partial charge in [0.05, 0.1) is 7.11 Å². The molecule has 0 aliphatic carbocycles. The lowest BCUT2D eigenvalue weighted by molar-refractivity contribution is -0.135. The lowest BCUT2D eigenvalue weighted by Crippen LogP contribution is -2.42. The fraction of sp³-hybridized carbons (Fsp3) is 0.435. The maximum absolute atomic E-state index is 13.2. The second kappa shape index (κ2) is 9.05. The molecule has 1 fully saturated rings. The number of benzene rings is 2. The first-order valence-corrected chi connectivity index (χ1v) is 9.77. The van der Waals surface area contributed by atoms with Gasteiger partial charge in [0.25, 0.3) is 0 Å². The summed E-state index contributed by atoms with van der Waals surface area (Å²) in [5.74, 6) is 1.00. The molecule has 1 amide bonds. The van der Waals surface area contributed by atoms with E-state index in [0.29, 0.717) is 0 Å². The Balaban J connectivity index is 2.01. The minimum Gasteiger partial charge on any atom is -0.497 e. The van der Waals surface area contributed by atoms with Crippen molar-refractivity contribution in [2.45, 2.75) is 37.8 Å². The molecule has 0 radical (unpaired) electrons.